The first-order valence-electron chi connectivity index (χ1n) is 3.13. The van der Waals surface area contributed by atoms with Crippen LogP contribution in [0.2, 0.25) is 0 Å². The molecule has 1 fully saturated rings. The van der Waals surface area contributed by atoms with Gasteiger partial charge in [0.05, 0.1) is 6.10 Å². The lowest BCUT2D eigenvalue weighted by molar-refractivity contribution is 0.0909. The average Bonchev–Trinajstić information content (AvgIpc) is 2.14. The molecule has 8 heavy (non-hydrogen) atoms. The molecule has 2 N–H and O–H groups in total. The van der Waals surface area contributed by atoms with Crippen LogP contribution in [0.25, 0.3) is 0 Å². The molecule has 2 nitrogen and oxygen atoms in total. The van der Waals surface area contributed by atoms with Crippen molar-refractivity contribution >= 4 is 0 Å². The first-order valence-corrected chi connectivity index (χ1v) is 3.13. The monoisotopic (exact) mass is 116 g/mol. The maximum atomic E-state index is 9.03. The Kier molecular flexibility index (Phi) is 1.86. The van der Waals surface area contributed by atoms with Crippen molar-refractivity contribution in [3.63, 3.8) is 0 Å². The summed E-state index contributed by atoms with van der Waals surface area (Å²) >= 11 is 0. The lowest BCUT2D eigenvalue weighted by Gasteiger charge is -2.08. The summed E-state index contributed by atoms with van der Waals surface area (Å²) < 4.78 is 0. The molecule has 2 atom stereocenters. The second-order valence-corrected chi connectivity index (χ2v) is 2.44. The van der Waals surface area contributed by atoms with Crippen LogP contribution < -0.4 is 0 Å². The second-order valence-electron chi connectivity index (χ2n) is 2.44. The van der Waals surface area contributed by atoms with Crippen molar-refractivity contribution in [3.8, 4) is 0 Å². The molecule has 0 aromatic carbocycles. The molecule has 2 heteroatoms. The Morgan fingerprint density at radius 1 is 1.38 bits per heavy atom. The highest BCUT2D eigenvalue weighted by Gasteiger charge is 2.23. The zero-order valence-corrected chi connectivity index (χ0v) is 4.88. The van der Waals surface area contributed by atoms with Crippen LogP contribution >= 0.6 is 0 Å². The standard InChI is InChI=1S/C6H12O2/c7-4-5-2-1-3-6(5)8/h5-8H,1-4H2/t5-,6?/m1/s1. The molecular weight excluding hydrogens is 104 g/mol. The topological polar surface area (TPSA) is 40.5 Å². The van der Waals surface area contributed by atoms with Crippen molar-refractivity contribution in [3.05, 3.63) is 0 Å². The van der Waals surface area contributed by atoms with Gasteiger partial charge in [-0.25, -0.2) is 0 Å². The fourth-order valence-electron chi connectivity index (χ4n) is 1.23. The van der Waals surface area contributed by atoms with Gasteiger partial charge in [-0.15, -0.1) is 0 Å². The predicted octanol–water partition coefficient (Wildman–Crippen LogP) is 0.140. The highest BCUT2D eigenvalue weighted by atomic mass is 16.3. The van der Waals surface area contributed by atoms with Gasteiger partial charge in [-0.2, -0.15) is 0 Å². The summed E-state index contributed by atoms with van der Waals surface area (Å²) in [5.74, 6) is 0.176. The minimum Gasteiger partial charge on any atom is -0.396 e. The molecule has 1 aliphatic rings. The third kappa shape index (κ3) is 1.01. The van der Waals surface area contributed by atoms with Crippen LogP contribution in [0.1, 0.15) is 19.3 Å². The highest BCUT2D eigenvalue weighted by Crippen LogP contribution is 2.24. The quantitative estimate of drug-likeness (QED) is 0.511. The summed E-state index contributed by atoms with van der Waals surface area (Å²) in [6.45, 7) is 0.154. The minimum atomic E-state index is -0.222. The van der Waals surface area contributed by atoms with E-state index in [2.05, 4.69) is 0 Å². The molecule has 0 heterocycles. The van der Waals surface area contributed by atoms with E-state index in [0.29, 0.717) is 0 Å². The zero-order chi connectivity index (χ0) is 5.98. The van der Waals surface area contributed by atoms with Crippen molar-refractivity contribution in [2.45, 2.75) is 25.4 Å². The smallest absolute Gasteiger partial charge is 0.0590 e. The lowest BCUT2D eigenvalue weighted by atomic mass is 10.1. The average molecular weight is 116 g/mol. The van der Waals surface area contributed by atoms with Gasteiger partial charge in [0.25, 0.3) is 0 Å². The van der Waals surface area contributed by atoms with E-state index in [1.807, 2.05) is 0 Å². The Bertz CT molecular complexity index is 72.9. The van der Waals surface area contributed by atoms with Gasteiger partial charge in [0.15, 0.2) is 0 Å². The summed E-state index contributed by atoms with van der Waals surface area (Å²) in [7, 11) is 0. The van der Waals surface area contributed by atoms with E-state index in [0.717, 1.165) is 19.3 Å². The van der Waals surface area contributed by atoms with E-state index in [1.54, 1.807) is 0 Å². The van der Waals surface area contributed by atoms with Crippen molar-refractivity contribution in [2.75, 3.05) is 6.61 Å². The molecule has 0 spiro atoms. The van der Waals surface area contributed by atoms with Crippen molar-refractivity contribution < 1.29 is 10.2 Å². The van der Waals surface area contributed by atoms with Crippen LogP contribution in [-0.2, 0) is 0 Å². The maximum absolute atomic E-state index is 9.03. The van der Waals surface area contributed by atoms with Crippen LogP contribution in [0.4, 0.5) is 0 Å². The molecule has 1 saturated carbocycles. The summed E-state index contributed by atoms with van der Waals surface area (Å²) in [4.78, 5) is 0. The normalized spacial score (nSPS) is 38.2. The summed E-state index contributed by atoms with van der Waals surface area (Å²) in [5.41, 5.74) is 0. The summed E-state index contributed by atoms with van der Waals surface area (Å²) in [5, 5.41) is 17.6. The van der Waals surface area contributed by atoms with E-state index in [-0.39, 0.29) is 18.6 Å². The van der Waals surface area contributed by atoms with E-state index in [9.17, 15) is 0 Å². The molecule has 0 aliphatic heterocycles. The molecule has 0 aromatic rings. The van der Waals surface area contributed by atoms with Crippen molar-refractivity contribution in [1.82, 2.24) is 0 Å². The largest absolute Gasteiger partial charge is 0.396 e. The summed E-state index contributed by atoms with van der Waals surface area (Å²) in [6.07, 6.45) is 2.73. The van der Waals surface area contributed by atoms with Crippen LogP contribution in [-0.4, -0.2) is 22.9 Å². The molecule has 0 amide bonds. The van der Waals surface area contributed by atoms with Gasteiger partial charge >= 0.3 is 0 Å². The fraction of sp³-hybridized carbons (Fsp3) is 1.00. The molecule has 1 unspecified atom stereocenters. The molecule has 48 valence electrons. The van der Waals surface area contributed by atoms with Crippen LogP contribution in [0.15, 0.2) is 0 Å². The van der Waals surface area contributed by atoms with E-state index < -0.39 is 0 Å². The first-order chi connectivity index (χ1) is 3.84. The highest BCUT2D eigenvalue weighted by molar-refractivity contribution is 4.74. The SMILES string of the molecule is OC[C@H]1CCCC1O. The van der Waals surface area contributed by atoms with Gasteiger partial charge < -0.3 is 10.2 Å². The van der Waals surface area contributed by atoms with Crippen molar-refractivity contribution in [1.29, 1.82) is 0 Å². The Morgan fingerprint density at radius 2 is 2.12 bits per heavy atom. The van der Waals surface area contributed by atoms with Crippen LogP contribution in [0, 0.1) is 5.92 Å². The second kappa shape index (κ2) is 2.46. The van der Waals surface area contributed by atoms with E-state index in [4.69, 9.17) is 10.2 Å². The third-order valence-corrected chi connectivity index (χ3v) is 1.85. The van der Waals surface area contributed by atoms with Crippen LogP contribution in [0.5, 0.6) is 0 Å². The Hall–Kier alpha value is -0.0800. The molecule has 1 rings (SSSR count). The van der Waals surface area contributed by atoms with E-state index >= 15 is 0 Å². The number of aliphatic hydroxyl groups is 2. The van der Waals surface area contributed by atoms with Gasteiger partial charge in [-0.05, 0) is 12.8 Å². The molecule has 0 bridgehead atoms. The van der Waals surface area contributed by atoms with Gasteiger partial charge in [0, 0.05) is 12.5 Å². The number of aliphatic hydroxyl groups excluding tert-OH is 2. The predicted molar refractivity (Wildman–Crippen MR) is 30.4 cm³/mol. The number of rotatable bonds is 1. The van der Waals surface area contributed by atoms with Crippen LogP contribution in [0.3, 0.4) is 0 Å². The number of hydrogen-bond acceptors (Lipinski definition) is 2. The Morgan fingerprint density at radius 3 is 2.38 bits per heavy atom. The lowest BCUT2D eigenvalue weighted by Crippen LogP contribution is -2.16. The summed E-state index contributed by atoms with van der Waals surface area (Å²) in [6, 6.07) is 0. The van der Waals surface area contributed by atoms with Gasteiger partial charge in [0.2, 0.25) is 0 Å². The van der Waals surface area contributed by atoms with Gasteiger partial charge in [0.1, 0.15) is 0 Å². The zero-order valence-electron chi connectivity index (χ0n) is 4.88. The minimum absolute atomic E-state index is 0.154. The van der Waals surface area contributed by atoms with Gasteiger partial charge in [-0.1, -0.05) is 6.42 Å². The molecule has 0 saturated heterocycles. The van der Waals surface area contributed by atoms with E-state index in [1.165, 1.54) is 0 Å². The fourth-order valence-corrected chi connectivity index (χ4v) is 1.23. The molecule has 1 aliphatic carbocycles. The van der Waals surface area contributed by atoms with Crippen molar-refractivity contribution in [2.24, 2.45) is 5.92 Å². The third-order valence-electron chi connectivity index (χ3n) is 1.85. The van der Waals surface area contributed by atoms with Gasteiger partial charge in [-0.3, -0.25) is 0 Å². The maximum Gasteiger partial charge on any atom is 0.0590 e. The number of hydrogen-bond donors (Lipinski definition) is 2. The Balaban J connectivity index is 2.30. The molecular formula is C6H12O2. The first kappa shape index (κ1) is 6.05. The Labute approximate surface area is 49.1 Å². The molecule has 0 aromatic heterocycles. The molecule has 0 radical (unpaired) electrons.